The van der Waals surface area contributed by atoms with E-state index >= 15 is 0 Å². The second-order valence-corrected chi connectivity index (χ2v) is 7.87. The van der Waals surface area contributed by atoms with Crippen LogP contribution in [0.3, 0.4) is 0 Å². The Hall–Kier alpha value is -2.44. The molecule has 7 heteroatoms. The van der Waals surface area contributed by atoms with Crippen molar-refractivity contribution in [3.8, 4) is 0 Å². The van der Waals surface area contributed by atoms with Crippen LogP contribution in [0.25, 0.3) is 0 Å². The number of halogens is 1. The minimum atomic E-state index is -0.0342. The third kappa shape index (κ3) is 4.77. The van der Waals surface area contributed by atoms with Gasteiger partial charge in [0.25, 0.3) is 0 Å². The lowest BCUT2D eigenvalue weighted by Crippen LogP contribution is -2.51. The van der Waals surface area contributed by atoms with E-state index in [0.29, 0.717) is 25.5 Å². The van der Waals surface area contributed by atoms with Gasteiger partial charge < -0.3 is 15.3 Å². The number of fused-ring (bicyclic) bond motifs is 1. The van der Waals surface area contributed by atoms with E-state index in [0.717, 1.165) is 29.1 Å². The van der Waals surface area contributed by atoms with Crippen LogP contribution in [-0.4, -0.2) is 48.4 Å². The van der Waals surface area contributed by atoms with Gasteiger partial charge in [-0.15, -0.1) is 0 Å². The second kappa shape index (κ2) is 9.37. The number of nitrogens with zero attached hydrogens (tertiary/aromatic N) is 3. The number of aliphatic imine (C=N–C) groups is 2. The van der Waals surface area contributed by atoms with Crippen molar-refractivity contribution in [3.63, 3.8) is 0 Å². The molecule has 0 amide bonds. The number of nitrogens with one attached hydrogen (secondary N) is 1. The third-order valence-electron chi connectivity index (χ3n) is 5.58. The van der Waals surface area contributed by atoms with Crippen molar-refractivity contribution in [3.05, 3.63) is 59.2 Å². The maximum atomic E-state index is 9.54. The third-order valence-corrected chi connectivity index (χ3v) is 5.93. The van der Waals surface area contributed by atoms with Gasteiger partial charge in [0.2, 0.25) is 5.96 Å². The molecule has 0 radical (unpaired) electrons. The molecule has 0 saturated heterocycles. The smallest absolute Gasteiger partial charge is 0.217 e. The van der Waals surface area contributed by atoms with Crippen LogP contribution in [0.5, 0.6) is 0 Å². The minimum absolute atomic E-state index is 0.0342. The maximum Gasteiger partial charge on any atom is 0.217 e. The molecule has 3 aliphatic rings. The number of hydrogen-bond donors (Lipinski definition) is 2. The van der Waals surface area contributed by atoms with Crippen LogP contribution in [0.2, 0.25) is 5.02 Å². The van der Waals surface area contributed by atoms with Gasteiger partial charge >= 0.3 is 0 Å². The van der Waals surface area contributed by atoms with Crippen molar-refractivity contribution in [1.82, 2.24) is 5.32 Å². The monoisotopic (exact) mass is 412 g/mol. The largest absolute Gasteiger partial charge is 0.411 e. The van der Waals surface area contributed by atoms with Gasteiger partial charge in [0, 0.05) is 17.3 Å². The summed E-state index contributed by atoms with van der Waals surface area (Å²) >= 11 is 6.41. The molecule has 29 heavy (non-hydrogen) atoms. The predicted molar refractivity (Wildman–Crippen MR) is 116 cm³/mol. The Bertz CT molecular complexity index is 877. The Morgan fingerprint density at radius 1 is 1.28 bits per heavy atom. The summed E-state index contributed by atoms with van der Waals surface area (Å²) in [5, 5.41) is 17.3. The number of guanidine groups is 1. The highest BCUT2D eigenvalue weighted by molar-refractivity contribution is 6.31. The maximum absolute atomic E-state index is 9.54. The minimum Gasteiger partial charge on any atom is -0.411 e. The molecule has 6 nitrogen and oxygen atoms in total. The molecule has 152 valence electrons. The molecule has 1 saturated carbocycles. The van der Waals surface area contributed by atoms with E-state index in [1.54, 1.807) is 0 Å². The zero-order valence-corrected chi connectivity index (χ0v) is 16.9. The SMILES string of the molecule is O/N=C1\CC(c2ccccc2Cl)CC2NC(=NCCOC3C=CC=CC3)N=C[C@@H]12. The molecular formula is C22H25ClN4O2. The van der Waals surface area contributed by atoms with Gasteiger partial charge in [-0.1, -0.05) is 59.3 Å². The first kappa shape index (κ1) is 19.9. The fourth-order valence-corrected chi connectivity index (χ4v) is 4.41. The van der Waals surface area contributed by atoms with E-state index in [9.17, 15) is 5.21 Å². The van der Waals surface area contributed by atoms with Crippen molar-refractivity contribution >= 4 is 29.5 Å². The fraction of sp³-hybridized carbons (Fsp3) is 0.409. The lowest BCUT2D eigenvalue weighted by atomic mass is 9.74. The van der Waals surface area contributed by atoms with Gasteiger partial charge in [0.1, 0.15) is 0 Å². The zero-order valence-electron chi connectivity index (χ0n) is 16.1. The Balaban J connectivity index is 1.39. The van der Waals surface area contributed by atoms with Gasteiger partial charge in [-0.3, -0.25) is 0 Å². The van der Waals surface area contributed by atoms with Crippen molar-refractivity contribution in [2.75, 3.05) is 13.2 Å². The highest BCUT2D eigenvalue weighted by Gasteiger charge is 2.38. The molecule has 1 aromatic rings. The first-order chi connectivity index (χ1) is 14.2. The van der Waals surface area contributed by atoms with E-state index in [1.807, 2.05) is 42.6 Å². The highest BCUT2D eigenvalue weighted by atomic mass is 35.5. The van der Waals surface area contributed by atoms with Crippen LogP contribution < -0.4 is 5.32 Å². The molecule has 4 rings (SSSR count). The van der Waals surface area contributed by atoms with Gasteiger partial charge in [-0.05, 0) is 36.8 Å². The Kier molecular flexibility index (Phi) is 6.42. The van der Waals surface area contributed by atoms with Crippen LogP contribution in [0.4, 0.5) is 0 Å². The summed E-state index contributed by atoms with van der Waals surface area (Å²) in [4.78, 5) is 8.96. The van der Waals surface area contributed by atoms with Crippen LogP contribution in [0, 0.1) is 5.92 Å². The fourth-order valence-electron chi connectivity index (χ4n) is 4.12. The molecule has 0 bridgehead atoms. The van der Waals surface area contributed by atoms with E-state index in [1.165, 1.54) is 0 Å². The summed E-state index contributed by atoms with van der Waals surface area (Å²) in [6.07, 6.45) is 12.6. The van der Waals surface area contributed by atoms with Gasteiger partial charge in [0.15, 0.2) is 0 Å². The molecule has 4 atom stereocenters. The average molecular weight is 413 g/mol. The van der Waals surface area contributed by atoms with E-state index in [-0.39, 0.29) is 24.0 Å². The number of oxime groups is 1. The quantitative estimate of drug-likeness (QED) is 0.436. The standard InChI is InChI=1S/C22H25ClN4O2/c23-19-9-5-4-8-17(19)15-12-20-18(21(13-15)27-28)14-25-22(26-20)24-10-11-29-16-6-2-1-3-7-16/h1-6,8-9,14-16,18,20,28H,7,10-13H2,(H,24,26)/b27-21+/t15?,16?,18-,20?/m1/s1. The first-order valence-corrected chi connectivity index (χ1v) is 10.4. The summed E-state index contributed by atoms with van der Waals surface area (Å²) in [6.45, 7) is 1.09. The number of rotatable bonds is 5. The average Bonchev–Trinajstić information content (AvgIpc) is 2.77. The zero-order chi connectivity index (χ0) is 20.1. The molecular weight excluding hydrogens is 388 g/mol. The predicted octanol–water partition coefficient (Wildman–Crippen LogP) is 3.96. The molecule has 3 unspecified atom stereocenters. The van der Waals surface area contributed by atoms with Crippen LogP contribution >= 0.6 is 11.6 Å². The summed E-state index contributed by atoms with van der Waals surface area (Å²) < 4.78 is 5.81. The van der Waals surface area contributed by atoms with E-state index in [4.69, 9.17) is 16.3 Å². The molecule has 0 aromatic heterocycles. The molecule has 1 heterocycles. The highest BCUT2D eigenvalue weighted by Crippen LogP contribution is 2.37. The Morgan fingerprint density at radius 2 is 2.17 bits per heavy atom. The van der Waals surface area contributed by atoms with Crippen LogP contribution in [0.1, 0.15) is 30.7 Å². The summed E-state index contributed by atoms with van der Waals surface area (Å²) in [5.74, 6) is 0.754. The van der Waals surface area contributed by atoms with Gasteiger partial charge in [-0.25, -0.2) is 9.98 Å². The number of ether oxygens (including phenoxy) is 1. The van der Waals surface area contributed by atoms with Crippen LogP contribution in [0.15, 0.2) is 63.7 Å². The van der Waals surface area contributed by atoms with Crippen molar-refractivity contribution in [2.45, 2.75) is 37.3 Å². The summed E-state index contributed by atoms with van der Waals surface area (Å²) in [6, 6.07) is 7.93. The normalized spacial score (nSPS) is 31.1. The number of allylic oxidation sites excluding steroid dienone is 2. The van der Waals surface area contributed by atoms with Gasteiger partial charge in [0.05, 0.1) is 30.9 Å². The van der Waals surface area contributed by atoms with Gasteiger partial charge in [-0.2, -0.15) is 0 Å². The molecule has 2 N–H and O–H groups in total. The molecule has 1 aromatic carbocycles. The molecule has 0 spiro atoms. The topological polar surface area (TPSA) is 78.6 Å². The molecule has 1 fully saturated rings. The lowest BCUT2D eigenvalue weighted by Gasteiger charge is -2.38. The Labute approximate surface area is 175 Å². The summed E-state index contributed by atoms with van der Waals surface area (Å²) in [5.41, 5.74) is 1.81. The number of hydrogen-bond acceptors (Lipinski definition) is 4. The van der Waals surface area contributed by atoms with E-state index in [2.05, 4.69) is 32.6 Å². The molecule has 1 aliphatic heterocycles. The second-order valence-electron chi connectivity index (χ2n) is 7.47. The van der Waals surface area contributed by atoms with Crippen molar-refractivity contribution < 1.29 is 9.94 Å². The lowest BCUT2D eigenvalue weighted by molar-refractivity contribution is 0.0930. The van der Waals surface area contributed by atoms with Crippen molar-refractivity contribution in [1.29, 1.82) is 0 Å². The summed E-state index contributed by atoms with van der Waals surface area (Å²) in [7, 11) is 0. The Morgan fingerprint density at radius 3 is 2.97 bits per heavy atom. The van der Waals surface area contributed by atoms with Crippen molar-refractivity contribution in [2.24, 2.45) is 21.1 Å². The number of benzene rings is 1. The van der Waals surface area contributed by atoms with E-state index < -0.39 is 0 Å². The molecule has 2 aliphatic carbocycles. The first-order valence-electron chi connectivity index (χ1n) is 10.00. The van der Waals surface area contributed by atoms with Crippen LogP contribution in [-0.2, 0) is 4.74 Å².